The van der Waals surface area contributed by atoms with Crippen molar-refractivity contribution in [3.63, 3.8) is 0 Å². The number of hydrogen-bond donors (Lipinski definition) is 0. The molecule has 1 atom stereocenters. The second kappa shape index (κ2) is 6.83. The predicted molar refractivity (Wildman–Crippen MR) is 91.2 cm³/mol. The molecule has 0 amide bonds. The van der Waals surface area contributed by atoms with E-state index in [1.165, 1.54) is 5.56 Å². The fourth-order valence-corrected chi connectivity index (χ4v) is 3.25. The van der Waals surface area contributed by atoms with Crippen molar-refractivity contribution in [2.24, 2.45) is 0 Å². The topological polar surface area (TPSA) is 52.8 Å². The molecule has 6 heteroatoms. The van der Waals surface area contributed by atoms with Gasteiger partial charge in [0, 0.05) is 5.25 Å². The summed E-state index contributed by atoms with van der Waals surface area (Å²) in [5.74, 6) is 0.747. The summed E-state index contributed by atoms with van der Waals surface area (Å²) in [7, 11) is 1.65. The summed E-state index contributed by atoms with van der Waals surface area (Å²) in [5, 5.41) is 13.1. The molecule has 23 heavy (non-hydrogen) atoms. The van der Waals surface area contributed by atoms with Gasteiger partial charge in [-0.1, -0.05) is 48.2 Å². The molecule has 0 spiro atoms. The van der Waals surface area contributed by atoms with Crippen LogP contribution in [0.15, 0.2) is 53.7 Å². The van der Waals surface area contributed by atoms with Crippen LogP contribution < -0.4 is 4.74 Å². The van der Waals surface area contributed by atoms with Crippen LogP contribution >= 0.6 is 11.8 Å². The molecule has 0 N–H and O–H groups in total. The van der Waals surface area contributed by atoms with Gasteiger partial charge in [0.25, 0.3) is 0 Å². The average molecular weight is 326 g/mol. The Morgan fingerprint density at radius 1 is 1.13 bits per heavy atom. The van der Waals surface area contributed by atoms with E-state index >= 15 is 0 Å². The molecule has 0 radical (unpaired) electrons. The first-order valence-electron chi connectivity index (χ1n) is 7.34. The SMILES string of the molecule is COc1ccc(C)cc1-n1nnnc1SC(C)c1ccccc1. The summed E-state index contributed by atoms with van der Waals surface area (Å²) in [6, 6.07) is 16.3. The third kappa shape index (κ3) is 3.37. The van der Waals surface area contributed by atoms with Gasteiger partial charge in [-0.15, -0.1) is 5.10 Å². The van der Waals surface area contributed by atoms with Crippen molar-refractivity contribution < 1.29 is 4.74 Å². The van der Waals surface area contributed by atoms with Crippen molar-refractivity contribution in [2.45, 2.75) is 24.3 Å². The second-order valence-electron chi connectivity index (χ2n) is 5.22. The summed E-state index contributed by atoms with van der Waals surface area (Å²) in [6.07, 6.45) is 0. The Kier molecular flexibility index (Phi) is 4.62. The standard InChI is InChI=1S/C17H18N4OS/c1-12-9-10-16(22-3)15(11-12)21-17(18-19-20-21)23-13(2)14-7-5-4-6-8-14/h4-11,13H,1-3H3. The predicted octanol–water partition coefficient (Wildman–Crippen LogP) is 3.83. The lowest BCUT2D eigenvalue weighted by atomic mass is 10.2. The van der Waals surface area contributed by atoms with Gasteiger partial charge in [-0.3, -0.25) is 0 Å². The molecule has 1 unspecified atom stereocenters. The summed E-state index contributed by atoms with van der Waals surface area (Å²) < 4.78 is 7.18. The minimum atomic E-state index is 0.247. The van der Waals surface area contributed by atoms with Crippen LogP contribution in [0.1, 0.15) is 23.3 Å². The molecule has 0 saturated heterocycles. The molecule has 0 aliphatic carbocycles. The fraction of sp³-hybridized carbons (Fsp3) is 0.235. The Labute approximate surface area is 139 Å². The van der Waals surface area contributed by atoms with E-state index < -0.39 is 0 Å². The van der Waals surface area contributed by atoms with E-state index in [1.54, 1.807) is 23.6 Å². The molecule has 1 heterocycles. The van der Waals surface area contributed by atoms with E-state index in [4.69, 9.17) is 4.74 Å². The van der Waals surface area contributed by atoms with Crippen LogP contribution in [0.2, 0.25) is 0 Å². The zero-order valence-electron chi connectivity index (χ0n) is 13.3. The lowest BCUT2D eigenvalue weighted by Gasteiger charge is -2.13. The maximum atomic E-state index is 5.44. The molecule has 0 fully saturated rings. The maximum Gasteiger partial charge on any atom is 0.214 e. The second-order valence-corrected chi connectivity index (χ2v) is 6.53. The van der Waals surface area contributed by atoms with Gasteiger partial charge >= 0.3 is 0 Å². The van der Waals surface area contributed by atoms with Crippen molar-refractivity contribution in [2.75, 3.05) is 7.11 Å². The van der Waals surface area contributed by atoms with E-state index in [2.05, 4.69) is 34.6 Å². The Morgan fingerprint density at radius 2 is 1.91 bits per heavy atom. The highest BCUT2D eigenvalue weighted by molar-refractivity contribution is 7.99. The number of aromatic nitrogens is 4. The number of tetrazole rings is 1. The van der Waals surface area contributed by atoms with Gasteiger partial charge in [0.15, 0.2) is 0 Å². The first kappa shape index (κ1) is 15.6. The highest BCUT2D eigenvalue weighted by atomic mass is 32.2. The summed E-state index contributed by atoms with van der Waals surface area (Å²) >= 11 is 1.62. The quantitative estimate of drug-likeness (QED) is 0.667. The van der Waals surface area contributed by atoms with E-state index in [9.17, 15) is 0 Å². The molecule has 3 rings (SSSR count). The van der Waals surface area contributed by atoms with Crippen LogP contribution in [0.3, 0.4) is 0 Å². The Morgan fingerprint density at radius 3 is 2.65 bits per heavy atom. The van der Waals surface area contributed by atoms with Gasteiger partial charge in [0.1, 0.15) is 11.4 Å². The fourth-order valence-electron chi connectivity index (χ4n) is 2.32. The van der Waals surface area contributed by atoms with Gasteiger partial charge < -0.3 is 4.74 Å². The number of ether oxygens (including phenoxy) is 1. The third-order valence-electron chi connectivity index (χ3n) is 3.55. The van der Waals surface area contributed by atoms with Crippen LogP contribution in [0.25, 0.3) is 5.69 Å². The minimum absolute atomic E-state index is 0.247. The largest absolute Gasteiger partial charge is 0.494 e. The van der Waals surface area contributed by atoms with Crippen molar-refractivity contribution in [1.82, 2.24) is 20.2 Å². The van der Waals surface area contributed by atoms with E-state index in [-0.39, 0.29) is 5.25 Å². The zero-order valence-corrected chi connectivity index (χ0v) is 14.1. The van der Waals surface area contributed by atoms with Crippen LogP contribution in [0.5, 0.6) is 5.75 Å². The third-order valence-corrected chi connectivity index (χ3v) is 4.65. The molecule has 3 aromatic rings. The molecule has 0 bridgehead atoms. The molecular formula is C17H18N4OS. The summed E-state index contributed by atoms with van der Waals surface area (Å²) in [6.45, 7) is 4.18. The highest BCUT2D eigenvalue weighted by Crippen LogP contribution is 2.35. The van der Waals surface area contributed by atoms with Gasteiger partial charge in [0.05, 0.1) is 7.11 Å². The monoisotopic (exact) mass is 326 g/mol. The van der Waals surface area contributed by atoms with Crippen LogP contribution in [0.4, 0.5) is 0 Å². The highest BCUT2D eigenvalue weighted by Gasteiger charge is 2.17. The molecule has 1 aromatic heterocycles. The number of methoxy groups -OCH3 is 1. The van der Waals surface area contributed by atoms with E-state index in [1.807, 2.05) is 43.3 Å². The summed E-state index contributed by atoms with van der Waals surface area (Å²) in [5.41, 5.74) is 3.21. The van der Waals surface area contributed by atoms with Gasteiger partial charge in [-0.25, -0.2) is 0 Å². The Bertz CT molecular complexity index is 788. The van der Waals surface area contributed by atoms with E-state index in [0.29, 0.717) is 0 Å². The van der Waals surface area contributed by atoms with Crippen molar-refractivity contribution >= 4 is 11.8 Å². The molecule has 0 aliphatic heterocycles. The number of hydrogen-bond acceptors (Lipinski definition) is 5. The summed E-state index contributed by atoms with van der Waals surface area (Å²) in [4.78, 5) is 0. The first-order chi connectivity index (χ1) is 11.2. The van der Waals surface area contributed by atoms with Gasteiger partial charge in [-0.2, -0.15) is 4.68 Å². The molecule has 2 aromatic carbocycles. The van der Waals surface area contributed by atoms with Gasteiger partial charge in [-0.05, 0) is 47.5 Å². The molecule has 0 aliphatic rings. The molecule has 5 nitrogen and oxygen atoms in total. The first-order valence-corrected chi connectivity index (χ1v) is 8.22. The van der Waals surface area contributed by atoms with Crippen LogP contribution in [-0.4, -0.2) is 27.3 Å². The minimum Gasteiger partial charge on any atom is -0.494 e. The normalized spacial score (nSPS) is 12.1. The zero-order chi connectivity index (χ0) is 16.2. The van der Waals surface area contributed by atoms with E-state index in [0.717, 1.165) is 22.2 Å². The number of aryl methyl sites for hydroxylation is 1. The van der Waals surface area contributed by atoms with Crippen molar-refractivity contribution in [1.29, 1.82) is 0 Å². The van der Waals surface area contributed by atoms with Crippen molar-refractivity contribution in [3.8, 4) is 11.4 Å². The maximum absolute atomic E-state index is 5.44. The average Bonchev–Trinajstić information content (AvgIpc) is 3.03. The van der Waals surface area contributed by atoms with Gasteiger partial charge in [0.2, 0.25) is 5.16 Å². The molecule has 118 valence electrons. The van der Waals surface area contributed by atoms with Crippen LogP contribution in [0, 0.1) is 6.92 Å². The Balaban J connectivity index is 1.93. The number of benzene rings is 2. The number of rotatable bonds is 5. The molecular weight excluding hydrogens is 308 g/mol. The smallest absolute Gasteiger partial charge is 0.214 e. The lowest BCUT2D eigenvalue weighted by Crippen LogP contribution is -2.03. The number of nitrogens with zero attached hydrogens (tertiary/aromatic N) is 4. The number of thioether (sulfide) groups is 1. The molecule has 0 saturated carbocycles. The lowest BCUT2D eigenvalue weighted by molar-refractivity contribution is 0.410. The Hall–Kier alpha value is -2.34. The van der Waals surface area contributed by atoms with Crippen LogP contribution in [-0.2, 0) is 0 Å². The van der Waals surface area contributed by atoms with Crippen molar-refractivity contribution in [3.05, 3.63) is 59.7 Å².